The van der Waals surface area contributed by atoms with Crippen molar-refractivity contribution in [1.29, 1.82) is 0 Å². The van der Waals surface area contributed by atoms with E-state index < -0.39 is 16.1 Å². The predicted octanol–water partition coefficient (Wildman–Crippen LogP) is 3.40. The van der Waals surface area contributed by atoms with E-state index in [4.69, 9.17) is 0 Å². The molecule has 0 aliphatic carbocycles. The Morgan fingerprint density at radius 2 is 2.00 bits per heavy atom. The molecule has 1 N–H and O–H groups in total. The Labute approximate surface area is 161 Å². The highest BCUT2D eigenvalue weighted by Crippen LogP contribution is 2.28. The second-order valence-electron chi connectivity index (χ2n) is 6.61. The molecule has 1 saturated heterocycles. The van der Waals surface area contributed by atoms with Gasteiger partial charge < -0.3 is 5.32 Å². The number of rotatable bonds is 4. The van der Waals surface area contributed by atoms with Crippen LogP contribution in [0.4, 0.5) is 5.69 Å². The average Bonchev–Trinajstić information content (AvgIpc) is 3.31. The number of nitrogens with zero attached hydrogens (tertiary/aromatic N) is 2. The van der Waals surface area contributed by atoms with Crippen LogP contribution in [0.3, 0.4) is 0 Å². The van der Waals surface area contributed by atoms with E-state index in [2.05, 4.69) is 10.3 Å². The number of hydrogen-bond donors (Lipinski definition) is 1. The van der Waals surface area contributed by atoms with E-state index in [9.17, 15) is 13.2 Å². The third-order valence-corrected chi connectivity index (χ3v) is 7.46. The zero-order valence-electron chi connectivity index (χ0n) is 14.8. The number of carbonyl (C=O) groups is 1. The Bertz CT molecular complexity index is 1090. The molecule has 1 atom stereocenters. The standard InChI is InChI=1S/C19H19N3O3S2/c1-13-4-7-15(8-5-13)27(24,25)22-10-2-3-17(22)19(23)21-14-6-9-18-16(11-14)20-12-26-18/h4-9,11-12,17H,2-3,10H2,1H3,(H,21,23). The Morgan fingerprint density at radius 1 is 1.22 bits per heavy atom. The van der Waals surface area contributed by atoms with Crippen molar-refractivity contribution in [3.63, 3.8) is 0 Å². The van der Waals surface area contributed by atoms with Gasteiger partial charge in [-0.3, -0.25) is 4.79 Å². The third kappa shape index (κ3) is 3.47. The lowest BCUT2D eigenvalue weighted by molar-refractivity contribution is -0.119. The van der Waals surface area contributed by atoms with Crippen LogP contribution in [0.5, 0.6) is 0 Å². The summed E-state index contributed by atoms with van der Waals surface area (Å²) in [4.78, 5) is 17.3. The van der Waals surface area contributed by atoms with E-state index in [1.165, 1.54) is 15.6 Å². The van der Waals surface area contributed by atoms with Crippen LogP contribution in [0.2, 0.25) is 0 Å². The van der Waals surface area contributed by atoms with Gasteiger partial charge in [-0.2, -0.15) is 4.31 Å². The van der Waals surface area contributed by atoms with Gasteiger partial charge in [-0.05, 0) is 50.1 Å². The second-order valence-corrected chi connectivity index (χ2v) is 9.39. The Balaban J connectivity index is 1.56. The summed E-state index contributed by atoms with van der Waals surface area (Å²) in [5.41, 5.74) is 4.18. The van der Waals surface area contributed by atoms with Crippen molar-refractivity contribution in [3.05, 3.63) is 53.5 Å². The van der Waals surface area contributed by atoms with Gasteiger partial charge in [0.25, 0.3) is 0 Å². The molecular weight excluding hydrogens is 382 g/mol. The van der Waals surface area contributed by atoms with Crippen LogP contribution in [0.15, 0.2) is 52.9 Å². The van der Waals surface area contributed by atoms with E-state index in [1.54, 1.807) is 35.8 Å². The van der Waals surface area contributed by atoms with E-state index >= 15 is 0 Å². The number of anilines is 1. The summed E-state index contributed by atoms with van der Waals surface area (Å²) in [5.74, 6) is -0.308. The molecule has 1 unspecified atom stereocenters. The van der Waals surface area contributed by atoms with Crippen molar-refractivity contribution < 1.29 is 13.2 Å². The lowest BCUT2D eigenvalue weighted by Crippen LogP contribution is -2.43. The quantitative estimate of drug-likeness (QED) is 0.727. The monoisotopic (exact) mass is 401 g/mol. The molecule has 1 amide bonds. The van der Waals surface area contributed by atoms with Gasteiger partial charge in [0.05, 0.1) is 20.6 Å². The highest BCUT2D eigenvalue weighted by atomic mass is 32.2. The number of nitrogens with one attached hydrogen (secondary N) is 1. The number of hydrogen-bond acceptors (Lipinski definition) is 5. The van der Waals surface area contributed by atoms with E-state index in [0.29, 0.717) is 25.1 Å². The minimum atomic E-state index is -3.71. The first kappa shape index (κ1) is 18.1. The topological polar surface area (TPSA) is 79.4 Å². The van der Waals surface area contributed by atoms with Crippen LogP contribution in [-0.2, 0) is 14.8 Å². The van der Waals surface area contributed by atoms with Crippen molar-refractivity contribution in [1.82, 2.24) is 9.29 Å². The maximum absolute atomic E-state index is 13.0. The van der Waals surface area contributed by atoms with E-state index in [-0.39, 0.29) is 10.8 Å². The van der Waals surface area contributed by atoms with Crippen molar-refractivity contribution >= 4 is 43.2 Å². The molecule has 0 bridgehead atoms. The molecule has 27 heavy (non-hydrogen) atoms. The summed E-state index contributed by atoms with van der Waals surface area (Å²) in [6.07, 6.45) is 1.17. The zero-order chi connectivity index (χ0) is 19.0. The molecule has 2 aromatic carbocycles. The number of carbonyl (C=O) groups excluding carboxylic acids is 1. The Hall–Kier alpha value is -2.29. The summed E-state index contributed by atoms with van der Waals surface area (Å²) in [5, 5.41) is 2.85. The van der Waals surface area contributed by atoms with Gasteiger partial charge in [0, 0.05) is 12.2 Å². The van der Waals surface area contributed by atoms with Crippen LogP contribution < -0.4 is 5.32 Å². The molecular formula is C19H19N3O3S2. The first-order valence-corrected chi connectivity index (χ1v) is 11.0. The molecule has 1 aliphatic heterocycles. The molecule has 1 fully saturated rings. The van der Waals surface area contributed by atoms with Gasteiger partial charge in [0.1, 0.15) is 6.04 Å². The van der Waals surface area contributed by atoms with Crippen LogP contribution >= 0.6 is 11.3 Å². The number of fused-ring (bicyclic) bond motifs is 1. The van der Waals surface area contributed by atoms with Gasteiger partial charge >= 0.3 is 0 Å². The van der Waals surface area contributed by atoms with Crippen LogP contribution in [0.1, 0.15) is 18.4 Å². The Morgan fingerprint density at radius 3 is 2.78 bits per heavy atom. The smallest absolute Gasteiger partial charge is 0.243 e. The molecule has 0 radical (unpaired) electrons. The number of aryl methyl sites for hydroxylation is 1. The maximum atomic E-state index is 13.0. The van der Waals surface area contributed by atoms with Gasteiger partial charge in [0.2, 0.25) is 15.9 Å². The number of sulfonamides is 1. The minimum absolute atomic E-state index is 0.219. The molecule has 0 spiro atoms. The van der Waals surface area contributed by atoms with Gasteiger partial charge in [-0.1, -0.05) is 17.7 Å². The minimum Gasteiger partial charge on any atom is -0.325 e. The first-order valence-electron chi connectivity index (χ1n) is 8.68. The largest absolute Gasteiger partial charge is 0.325 e. The van der Waals surface area contributed by atoms with Crippen molar-refractivity contribution in [2.45, 2.75) is 30.7 Å². The molecule has 1 aromatic heterocycles. The molecule has 8 heteroatoms. The normalized spacial score (nSPS) is 18.0. The fourth-order valence-corrected chi connectivity index (χ4v) is 5.61. The molecule has 0 saturated carbocycles. The van der Waals surface area contributed by atoms with E-state index in [1.807, 2.05) is 19.1 Å². The fraction of sp³-hybridized carbons (Fsp3) is 0.263. The number of benzene rings is 2. The number of amides is 1. The highest BCUT2D eigenvalue weighted by molar-refractivity contribution is 7.89. The number of thiazole rings is 1. The van der Waals surface area contributed by atoms with Gasteiger partial charge in [0.15, 0.2) is 0 Å². The molecule has 3 aromatic rings. The van der Waals surface area contributed by atoms with Crippen LogP contribution in [0, 0.1) is 6.92 Å². The molecule has 140 valence electrons. The van der Waals surface area contributed by atoms with Crippen LogP contribution in [-0.4, -0.2) is 36.2 Å². The molecule has 4 rings (SSSR count). The van der Waals surface area contributed by atoms with Crippen molar-refractivity contribution in [3.8, 4) is 0 Å². The van der Waals surface area contributed by atoms with Gasteiger partial charge in [-0.25, -0.2) is 13.4 Å². The second kappa shape index (κ2) is 7.03. The van der Waals surface area contributed by atoms with Crippen LogP contribution in [0.25, 0.3) is 10.2 Å². The first-order chi connectivity index (χ1) is 12.9. The lowest BCUT2D eigenvalue weighted by Gasteiger charge is -2.23. The van der Waals surface area contributed by atoms with E-state index in [0.717, 1.165) is 15.8 Å². The fourth-order valence-electron chi connectivity index (χ4n) is 3.30. The van der Waals surface area contributed by atoms with Gasteiger partial charge in [-0.15, -0.1) is 11.3 Å². The summed E-state index contributed by atoms with van der Waals surface area (Å²) in [6, 6.07) is 11.5. The molecule has 2 heterocycles. The molecule has 1 aliphatic rings. The summed E-state index contributed by atoms with van der Waals surface area (Å²) >= 11 is 1.53. The summed E-state index contributed by atoms with van der Waals surface area (Å²) < 4.78 is 28.3. The van der Waals surface area contributed by atoms with Crippen molar-refractivity contribution in [2.75, 3.05) is 11.9 Å². The number of aromatic nitrogens is 1. The zero-order valence-corrected chi connectivity index (χ0v) is 16.4. The third-order valence-electron chi connectivity index (χ3n) is 4.73. The summed E-state index contributed by atoms with van der Waals surface area (Å²) in [7, 11) is -3.71. The maximum Gasteiger partial charge on any atom is 0.243 e. The molecule has 6 nitrogen and oxygen atoms in total. The highest BCUT2D eigenvalue weighted by Gasteiger charge is 2.39. The Kier molecular flexibility index (Phi) is 4.71. The summed E-state index contributed by atoms with van der Waals surface area (Å²) in [6.45, 7) is 2.25. The van der Waals surface area contributed by atoms with Crippen molar-refractivity contribution in [2.24, 2.45) is 0 Å². The average molecular weight is 402 g/mol. The lowest BCUT2D eigenvalue weighted by atomic mass is 10.2. The SMILES string of the molecule is Cc1ccc(S(=O)(=O)N2CCCC2C(=O)Nc2ccc3scnc3c2)cc1. The predicted molar refractivity (Wildman–Crippen MR) is 106 cm³/mol.